The molecule has 1 heterocycles. The van der Waals surface area contributed by atoms with Gasteiger partial charge in [0.25, 0.3) is 5.95 Å². The molecule has 0 saturated heterocycles. The maximum absolute atomic E-state index is 5.67. The molecule has 0 bridgehead atoms. The van der Waals surface area contributed by atoms with E-state index in [1.165, 1.54) is 5.56 Å². The Morgan fingerprint density at radius 2 is 1.89 bits per heavy atom. The van der Waals surface area contributed by atoms with E-state index in [1.807, 2.05) is 55.1 Å². The first kappa shape index (κ1) is 18.6. The standard InChI is InChI=1S/C21H25N5O/c1-5-26(18-8-6-7-16(4)13-18)21-24-20(14-22-25-21)23-17-9-11-19(12-10-17)27-15(2)3/h6-15H,5H2,1-4H3,(H,23,24,25). The van der Waals surface area contributed by atoms with E-state index in [4.69, 9.17) is 4.74 Å². The fourth-order valence-electron chi connectivity index (χ4n) is 2.74. The van der Waals surface area contributed by atoms with Crippen molar-refractivity contribution in [3.63, 3.8) is 0 Å². The number of ether oxygens (including phenoxy) is 1. The number of hydrogen-bond donors (Lipinski definition) is 1. The van der Waals surface area contributed by atoms with E-state index in [9.17, 15) is 0 Å². The largest absolute Gasteiger partial charge is 0.491 e. The lowest BCUT2D eigenvalue weighted by Crippen LogP contribution is -2.19. The van der Waals surface area contributed by atoms with Crippen LogP contribution in [0.5, 0.6) is 5.75 Å². The van der Waals surface area contributed by atoms with Gasteiger partial charge in [-0.05, 0) is 69.7 Å². The highest BCUT2D eigenvalue weighted by molar-refractivity contribution is 5.61. The number of anilines is 4. The second-order valence-corrected chi connectivity index (χ2v) is 6.54. The molecule has 0 unspecified atom stereocenters. The molecule has 2 aromatic carbocycles. The predicted molar refractivity (Wildman–Crippen MR) is 109 cm³/mol. The average Bonchev–Trinajstić information content (AvgIpc) is 2.64. The Hall–Kier alpha value is -3.15. The highest BCUT2D eigenvalue weighted by Crippen LogP contribution is 2.24. The number of benzene rings is 2. The van der Waals surface area contributed by atoms with Crippen LogP contribution in [0.25, 0.3) is 0 Å². The zero-order valence-electron chi connectivity index (χ0n) is 16.2. The summed E-state index contributed by atoms with van der Waals surface area (Å²) < 4.78 is 5.67. The molecule has 0 saturated carbocycles. The Balaban J connectivity index is 1.78. The predicted octanol–water partition coefficient (Wildman–Crippen LogP) is 4.87. The summed E-state index contributed by atoms with van der Waals surface area (Å²) in [7, 11) is 0. The molecule has 140 valence electrons. The summed E-state index contributed by atoms with van der Waals surface area (Å²) in [4.78, 5) is 6.66. The molecule has 1 aromatic heterocycles. The fourth-order valence-corrected chi connectivity index (χ4v) is 2.74. The van der Waals surface area contributed by atoms with Crippen molar-refractivity contribution < 1.29 is 4.74 Å². The average molecular weight is 363 g/mol. The molecule has 0 aliphatic carbocycles. The fraction of sp³-hybridized carbons (Fsp3) is 0.286. The summed E-state index contributed by atoms with van der Waals surface area (Å²) in [5.74, 6) is 2.05. The molecule has 0 aliphatic heterocycles. The van der Waals surface area contributed by atoms with E-state index >= 15 is 0 Å². The molecule has 0 amide bonds. The van der Waals surface area contributed by atoms with Crippen LogP contribution in [0.15, 0.2) is 54.7 Å². The third-order valence-electron chi connectivity index (χ3n) is 3.92. The van der Waals surface area contributed by atoms with Gasteiger partial charge in [-0.3, -0.25) is 0 Å². The Labute approximate surface area is 160 Å². The number of nitrogens with one attached hydrogen (secondary N) is 1. The van der Waals surface area contributed by atoms with Gasteiger partial charge in [0.2, 0.25) is 0 Å². The molecule has 0 fully saturated rings. The van der Waals surface area contributed by atoms with Crippen molar-refractivity contribution in [2.24, 2.45) is 0 Å². The molecule has 3 rings (SSSR count). The van der Waals surface area contributed by atoms with Crippen molar-refractivity contribution in [3.05, 3.63) is 60.3 Å². The van der Waals surface area contributed by atoms with E-state index in [-0.39, 0.29) is 6.10 Å². The van der Waals surface area contributed by atoms with Crippen LogP contribution in [0, 0.1) is 6.92 Å². The monoisotopic (exact) mass is 363 g/mol. The SMILES string of the molecule is CCN(c1cccc(C)c1)c1nncc(Nc2ccc(OC(C)C)cc2)n1. The smallest absolute Gasteiger partial charge is 0.251 e. The minimum absolute atomic E-state index is 0.152. The van der Waals surface area contributed by atoms with Crippen molar-refractivity contribution in [1.82, 2.24) is 15.2 Å². The maximum atomic E-state index is 5.67. The van der Waals surface area contributed by atoms with Gasteiger partial charge in [-0.15, -0.1) is 5.10 Å². The molecular formula is C21H25N5O. The van der Waals surface area contributed by atoms with E-state index in [0.717, 1.165) is 23.7 Å². The second-order valence-electron chi connectivity index (χ2n) is 6.54. The topological polar surface area (TPSA) is 63.2 Å². The maximum Gasteiger partial charge on any atom is 0.251 e. The normalized spacial score (nSPS) is 10.7. The lowest BCUT2D eigenvalue weighted by atomic mass is 10.2. The van der Waals surface area contributed by atoms with Gasteiger partial charge in [0.05, 0.1) is 12.3 Å². The summed E-state index contributed by atoms with van der Waals surface area (Å²) in [6.07, 6.45) is 1.77. The summed E-state index contributed by atoms with van der Waals surface area (Å²) in [6, 6.07) is 16.0. The molecule has 0 atom stereocenters. The van der Waals surface area contributed by atoms with Crippen LogP contribution < -0.4 is 15.0 Å². The molecule has 0 spiro atoms. The van der Waals surface area contributed by atoms with Crippen LogP contribution in [-0.4, -0.2) is 27.8 Å². The van der Waals surface area contributed by atoms with Crippen LogP contribution in [0.4, 0.5) is 23.1 Å². The summed E-state index contributed by atoms with van der Waals surface area (Å²) >= 11 is 0. The summed E-state index contributed by atoms with van der Waals surface area (Å²) in [5, 5.41) is 11.6. The van der Waals surface area contributed by atoms with Crippen molar-refractivity contribution in [2.45, 2.75) is 33.8 Å². The Bertz CT molecular complexity index is 880. The van der Waals surface area contributed by atoms with Crippen LogP contribution in [0.3, 0.4) is 0 Å². The van der Waals surface area contributed by atoms with Gasteiger partial charge in [-0.25, -0.2) is 0 Å². The quantitative estimate of drug-likeness (QED) is 0.646. The minimum Gasteiger partial charge on any atom is -0.491 e. The molecule has 27 heavy (non-hydrogen) atoms. The number of aryl methyl sites for hydroxylation is 1. The highest BCUT2D eigenvalue weighted by atomic mass is 16.5. The first-order chi connectivity index (χ1) is 13.0. The lowest BCUT2D eigenvalue weighted by Gasteiger charge is -2.21. The van der Waals surface area contributed by atoms with Crippen LogP contribution in [-0.2, 0) is 0 Å². The van der Waals surface area contributed by atoms with Crippen LogP contribution >= 0.6 is 0 Å². The second kappa shape index (κ2) is 8.49. The zero-order chi connectivity index (χ0) is 19.2. The van der Waals surface area contributed by atoms with E-state index in [0.29, 0.717) is 11.8 Å². The van der Waals surface area contributed by atoms with Gasteiger partial charge in [0.1, 0.15) is 5.75 Å². The number of nitrogens with zero attached hydrogens (tertiary/aromatic N) is 4. The van der Waals surface area contributed by atoms with Crippen molar-refractivity contribution in [1.29, 1.82) is 0 Å². The van der Waals surface area contributed by atoms with Crippen molar-refractivity contribution in [3.8, 4) is 5.75 Å². The molecule has 6 heteroatoms. The van der Waals surface area contributed by atoms with Crippen molar-refractivity contribution >= 4 is 23.1 Å². The van der Waals surface area contributed by atoms with Crippen LogP contribution in [0.2, 0.25) is 0 Å². The Kier molecular flexibility index (Phi) is 5.86. The molecule has 0 aliphatic rings. The third kappa shape index (κ3) is 4.94. The first-order valence-electron chi connectivity index (χ1n) is 9.13. The van der Waals surface area contributed by atoms with Gasteiger partial charge in [0, 0.05) is 17.9 Å². The van der Waals surface area contributed by atoms with Gasteiger partial charge in [0.15, 0.2) is 5.82 Å². The Morgan fingerprint density at radius 3 is 2.56 bits per heavy atom. The third-order valence-corrected chi connectivity index (χ3v) is 3.92. The highest BCUT2D eigenvalue weighted by Gasteiger charge is 2.12. The number of hydrogen-bond acceptors (Lipinski definition) is 6. The molecule has 0 radical (unpaired) electrons. The summed E-state index contributed by atoms with van der Waals surface area (Å²) in [6.45, 7) is 8.90. The van der Waals surface area contributed by atoms with Gasteiger partial charge < -0.3 is 15.0 Å². The first-order valence-corrected chi connectivity index (χ1v) is 9.13. The number of aromatic nitrogens is 3. The van der Waals surface area contributed by atoms with Gasteiger partial charge in [-0.1, -0.05) is 12.1 Å². The van der Waals surface area contributed by atoms with E-state index in [2.05, 4.69) is 46.5 Å². The molecule has 1 N–H and O–H groups in total. The molecule has 3 aromatic rings. The minimum atomic E-state index is 0.152. The van der Waals surface area contributed by atoms with E-state index < -0.39 is 0 Å². The molecule has 6 nitrogen and oxygen atoms in total. The number of rotatable bonds is 7. The van der Waals surface area contributed by atoms with E-state index in [1.54, 1.807) is 6.20 Å². The lowest BCUT2D eigenvalue weighted by molar-refractivity contribution is 0.242. The van der Waals surface area contributed by atoms with Crippen molar-refractivity contribution in [2.75, 3.05) is 16.8 Å². The van der Waals surface area contributed by atoms with Gasteiger partial charge >= 0.3 is 0 Å². The molecular weight excluding hydrogens is 338 g/mol. The van der Waals surface area contributed by atoms with Crippen LogP contribution in [0.1, 0.15) is 26.3 Å². The summed E-state index contributed by atoms with van der Waals surface area (Å²) in [5.41, 5.74) is 3.15. The zero-order valence-corrected chi connectivity index (χ0v) is 16.2. The van der Waals surface area contributed by atoms with Gasteiger partial charge in [-0.2, -0.15) is 10.1 Å². The Morgan fingerprint density at radius 1 is 1.11 bits per heavy atom.